The van der Waals surface area contributed by atoms with Gasteiger partial charge in [-0.25, -0.2) is 9.59 Å². The van der Waals surface area contributed by atoms with Crippen molar-refractivity contribution in [2.45, 2.75) is 89.0 Å². The van der Waals surface area contributed by atoms with E-state index in [4.69, 9.17) is 49.4 Å². The number of phenolic OH excluding ortho intramolecular Hbond substituents is 1. The lowest BCUT2D eigenvalue weighted by Gasteiger charge is -2.29. The molecule has 0 amide bonds. The number of aliphatic hydroxyl groups excluding tert-OH is 2. The third-order valence-electron chi connectivity index (χ3n) is 22.2. The Morgan fingerprint density at radius 2 is 0.708 bits per heavy atom. The fourth-order valence-electron chi connectivity index (χ4n) is 15.1. The molecule has 14 aromatic carbocycles. The third kappa shape index (κ3) is 34.0. The molecule has 26 heteroatoms. The lowest BCUT2D eigenvalue weighted by molar-refractivity contribution is -0.138. The van der Waals surface area contributed by atoms with Gasteiger partial charge in [0.05, 0.1) is 63.7 Å². The van der Waals surface area contributed by atoms with Crippen molar-refractivity contribution >= 4 is 94.5 Å². The quantitative estimate of drug-likeness (QED) is 0.0103. The van der Waals surface area contributed by atoms with Gasteiger partial charge in [-0.15, -0.1) is 0 Å². The van der Waals surface area contributed by atoms with E-state index in [2.05, 4.69) is 209 Å². The number of methoxy groups -OCH3 is 2. The van der Waals surface area contributed by atoms with Gasteiger partial charge < -0.3 is 34.8 Å². The van der Waals surface area contributed by atoms with Gasteiger partial charge in [0.25, 0.3) is 0 Å². The lowest BCUT2D eigenvalue weighted by atomic mass is 9.90. The van der Waals surface area contributed by atoms with Gasteiger partial charge in [0.15, 0.2) is 0 Å². The number of carbonyl (C=O) groups excluding carboxylic acids is 2. The van der Waals surface area contributed by atoms with E-state index in [0.717, 1.165) is 74.5 Å². The summed E-state index contributed by atoms with van der Waals surface area (Å²) in [5.74, 6) is -0.0867. The van der Waals surface area contributed by atoms with Crippen LogP contribution in [0.1, 0.15) is 136 Å². The summed E-state index contributed by atoms with van der Waals surface area (Å²) in [6.07, 6.45) is -11.5. The van der Waals surface area contributed by atoms with Crippen LogP contribution in [0.25, 0.3) is 0 Å². The van der Waals surface area contributed by atoms with Crippen LogP contribution in [0.5, 0.6) is 11.5 Å². The highest BCUT2D eigenvalue weighted by Crippen LogP contribution is 2.63. The Morgan fingerprint density at radius 3 is 1.02 bits per heavy atom. The molecular weight excluding hydrogens is 1920 g/mol. The standard InChI is InChI=1S/C34H33ClF3NO3.C25H25ClF3NO.C22H19ClF3N.C18H17P2.C9H10O3.C3H7BrO/c1-24-17-18-27(33(40)41-2)21-31(24)42-20-10-19-39(22-28-15-9-16-30(32(28)35)34(36,37)38)23-29(25-11-5-3-6-12-25)26-13-7-4-8-14-26;26-24-21(13-7-14-23(24)25(27,28)29)17-30(15-8-16-31)18-22(19-9-3-1-4-10-19)20-11-5-2-6-12-20;23-21-18(12-7-13-20(21)22(24,25)26)14-27-15-19(16-8-3-1-4-9-16)17-10-5-2-6-11-17;19-20(16-10-4-1-5-11-16,17-12-6-2-7-13-17)18-14-8-3-9-15-18;1-6-3-4-7(5-8(6)10)9(11)12-2;4-2-1-3-5/h3-9,11-18,21,29H,10,19-20,22-23H2,1-2H3;1-7,9-14,22,31H,8,15-18H2;1-13,19,27H,14-15H2;1-15H,19H2;3-5,10H,1-2H3;5H,1-3H2/q;;;+1;;. The number of aliphatic hydroxyl groups is 2. The Bertz CT molecular complexity index is 5720. The fraction of sp³-hybridized carbons (Fsp3) is 0.225. The number of nitrogens with one attached hydrogen (secondary N) is 1. The number of aromatic hydroxyl groups is 1. The molecule has 0 aromatic heterocycles. The number of aryl methyl sites for hydroxylation is 2. The number of hydrogen-bond acceptors (Lipinski definition) is 11. The fourth-order valence-corrected chi connectivity index (χ4v) is 20.6. The van der Waals surface area contributed by atoms with Crippen molar-refractivity contribution in [2.75, 3.05) is 72.1 Å². The molecule has 0 fully saturated rings. The second-order valence-electron chi connectivity index (χ2n) is 31.8. The summed E-state index contributed by atoms with van der Waals surface area (Å²) in [6.45, 7) is 6.25. The number of ether oxygens (including phenoxy) is 3. The maximum Gasteiger partial charge on any atom is 0.417 e. The predicted octanol–water partition coefficient (Wildman–Crippen LogP) is 27.2. The summed E-state index contributed by atoms with van der Waals surface area (Å²) in [5.41, 5.74) is 7.93. The van der Waals surface area contributed by atoms with Crippen LogP contribution in [-0.4, -0.2) is 109 Å². The Balaban J connectivity index is 0.000000198. The molecule has 4 N–H and O–H groups in total. The minimum atomic E-state index is -4.54. The highest BCUT2D eigenvalue weighted by Gasteiger charge is 2.41. The zero-order valence-corrected chi connectivity index (χ0v) is 82.1. The number of halogens is 13. The first kappa shape index (κ1) is 110. The second kappa shape index (κ2) is 56.2. The van der Waals surface area contributed by atoms with Gasteiger partial charge in [-0.2, -0.15) is 39.5 Å². The van der Waals surface area contributed by atoms with Crippen LogP contribution in [-0.2, 0) is 47.6 Å². The van der Waals surface area contributed by atoms with Gasteiger partial charge in [0.2, 0.25) is 0 Å². The van der Waals surface area contributed by atoms with E-state index < -0.39 is 54.1 Å². The second-order valence-corrected chi connectivity index (χ2v) is 39.0. The molecule has 0 radical (unpaired) electrons. The maximum atomic E-state index is 13.6. The van der Waals surface area contributed by atoms with E-state index in [0.29, 0.717) is 92.3 Å². The van der Waals surface area contributed by atoms with Gasteiger partial charge in [0.1, 0.15) is 34.4 Å². The number of esters is 2. The zero-order chi connectivity index (χ0) is 98.8. The van der Waals surface area contributed by atoms with Crippen LogP contribution in [0, 0.1) is 13.8 Å². The molecule has 0 aliphatic heterocycles. The van der Waals surface area contributed by atoms with Crippen molar-refractivity contribution in [2.24, 2.45) is 0 Å². The SMILES string of the molecule is COC(=O)c1ccc(C)c(O)c1.COC(=O)c1ccc(C)c(OCCCN(Cc2cccc(C(F)(F)F)c2Cl)CC(c2ccccc2)c2ccccc2)c1.FC(F)(F)c1cccc(CNCC(c2ccccc2)c2ccccc2)c1Cl.OCCCBr.OCCCN(Cc1cccc(C(F)(F)F)c1Cl)CC(c1ccccc1)c1ccccc1.P[P+](c1ccccc1)(c1ccccc1)c1ccccc1. The smallest absolute Gasteiger partial charge is 0.417 e. The Labute approximate surface area is 823 Å². The van der Waals surface area contributed by atoms with E-state index in [-0.39, 0.29) is 64.8 Å². The van der Waals surface area contributed by atoms with Crippen LogP contribution >= 0.6 is 66.6 Å². The number of carbonyl (C=O) groups is 2. The molecule has 0 bridgehead atoms. The van der Waals surface area contributed by atoms with Gasteiger partial charge in [-0.3, -0.25) is 9.80 Å². The van der Waals surface area contributed by atoms with E-state index in [1.807, 2.05) is 116 Å². The van der Waals surface area contributed by atoms with E-state index in [1.54, 1.807) is 55.5 Å². The highest BCUT2D eigenvalue weighted by molar-refractivity contribution is 9.09. The molecule has 137 heavy (non-hydrogen) atoms. The molecule has 11 nitrogen and oxygen atoms in total. The summed E-state index contributed by atoms with van der Waals surface area (Å²) in [4.78, 5) is 27.1. The van der Waals surface area contributed by atoms with E-state index >= 15 is 0 Å². The number of hydrogen-bond donors (Lipinski definition) is 4. The first-order chi connectivity index (χ1) is 65.9. The summed E-state index contributed by atoms with van der Waals surface area (Å²) >= 11 is 21.6. The van der Waals surface area contributed by atoms with Crippen LogP contribution in [0.4, 0.5) is 39.5 Å². The molecule has 0 heterocycles. The Hall–Kier alpha value is -11.0. The number of benzene rings is 14. The highest BCUT2D eigenvalue weighted by atomic mass is 79.9. The average Bonchev–Trinajstić information content (AvgIpc) is 0.765. The molecule has 0 aliphatic rings. The lowest BCUT2D eigenvalue weighted by Crippen LogP contribution is -2.31. The largest absolute Gasteiger partial charge is 0.508 e. The van der Waals surface area contributed by atoms with E-state index in [1.165, 1.54) is 54.4 Å². The molecule has 14 rings (SSSR count). The molecular formula is C111H111BrCl3F9N3O8P2+. The molecule has 0 spiro atoms. The Kier molecular flexibility index (Phi) is 44.9. The van der Waals surface area contributed by atoms with Crippen molar-refractivity contribution in [3.63, 3.8) is 0 Å². The summed E-state index contributed by atoms with van der Waals surface area (Å²) in [5, 5.41) is 34.2. The third-order valence-corrected chi connectivity index (χ3v) is 30.1. The van der Waals surface area contributed by atoms with Crippen molar-refractivity contribution in [1.82, 2.24) is 15.1 Å². The molecule has 1 unspecified atom stereocenters. The van der Waals surface area contributed by atoms with Gasteiger partial charge in [0, 0.05) is 97.6 Å². The predicted molar refractivity (Wildman–Crippen MR) is 545 cm³/mol. The number of alkyl halides is 10. The van der Waals surface area contributed by atoms with Crippen LogP contribution in [0.3, 0.4) is 0 Å². The summed E-state index contributed by atoms with van der Waals surface area (Å²) in [6, 6.07) is 114. The maximum absolute atomic E-state index is 13.6. The number of rotatable bonds is 33. The van der Waals surface area contributed by atoms with Crippen LogP contribution in [0.2, 0.25) is 15.1 Å². The van der Waals surface area contributed by atoms with Crippen molar-refractivity contribution < 1.29 is 78.6 Å². The molecule has 14 aromatic rings. The first-order valence-electron chi connectivity index (χ1n) is 44.2. The van der Waals surface area contributed by atoms with Gasteiger partial charge >= 0.3 is 30.5 Å². The average molecular weight is 2030 g/mol. The Morgan fingerprint density at radius 1 is 0.401 bits per heavy atom. The monoisotopic (exact) mass is 2030 g/mol. The van der Waals surface area contributed by atoms with Crippen molar-refractivity contribution in [3.05, 3.63) is 468 Å². The van der Waals surface area contributed by atoms with E-state index in [9.17, 15) is 59.3 Å². The van der Waals surface area contributed by atoms with Gasteiger partial charge in [-0.1, -0.05) is 336 Å². The number of nitrogens with zero attached hydrogens (tertiary/aromatic N) is 2. The minimum Gasteiger partial charge on any atom is -0.508 e. The van der Waals surface area contributed by atoms with Crippen molar-refractivity contribution in [3.8, 4) is 11.5 Å². The molecule has 0 saturated heterocycles. The minimum absolute atomic E-state index is 0.00810. The normalized spacial score (nSPS) is 11.4. The first-order valence-corrected chi connectivity index (χ1v) is 49.9. The van der Waals surface area contributed by atoms with Crippen LogP contribution in [0.15, 0.2) is 364 Å². The molecule has 0 saturated carbocycles. The van der Waals surface area contributed by atoms with Gasteiger partial charge in [-0.05, 0) is 173 Å². The number of phenols is 1. The van der Waals surface area contributed by atoms with Crippen LogP contribution < -0.4 is 26.0 Å². The summed E-state index contributed by atoms with van der Waals surface area (Å²) in [7, 11) is 5.80. The topological polar surface area (TPSA) is 141 Å². The zero-order valence-electron chi connectivity index (χ0n) is 76.2. The molecule has 0 aliphatic carbocycles. The summed E-state index contributed by atoms with van der Waals surface area (Å²) < 4.78 is 135. The molecule has 1 atom stereocenters. The van der Waals surface area contributed by atoms with Crippen molar-refractivity contribution in [1.29, 1.82) is 0 Å². The molecule has 718 valence electrons.